The summed E-state index contributed by atoms with van der Waals surface area (Å²) in [6, 6.07) is 11.7. The first-order chi connectivity index (χ1) is 8.06. The predicted molar refractivity (Wildman–Crippen MR) is 72.9 cm³/mol. The summed E-state index contributed by atoms with van der Waals surface area (Å²) in [5, 5.41) is 9.26. The van der Waals surface area contributed by atoms with Gasteiger partial charge in [0.25, 0.3) is 0 Å². The molecule has 2 aromatic rings. The standard InChI is InChI=1S/C15H16OS/c1-10-8-11(2)15(12(3)9-10)17-14-6-4-13(16)5-7-14/h4-9,16H,1-3H3. The van der Waals surface area contributed by atoms with Gasteiger partial charge in [0.15, 0.2) is 0 Å². The first-order valence-corrected chi connectivity index (χ1v) is 6.42. The number of phenolic OH excluding ortho intramolecular Hbond substituents is 1. The molecule has 0 aliphatic heterocycles. The van der Waals surface area contributed by atoms with Crippen molar-refractivity contribution in [2.24, 2.45) is 0 Å². The average molecular weight is 244 g/mol. The fourth-order valence-electron chi connectivity index (χ4n) is 1.96. The van der Waals surface area contributed by atoms with E-state index in [0.29, 0.717) is 5.75 Å². The van der Waals surface area contributed by atoms with Gasteiger partial charge in [0.1, 0.15) is 5.75 Å². The summed E-state index contributed by atoms with van der Waals surface area (Å²) < 4.78 is 0. The number of phenols is 1. The molecule has 0 saturated heterocycles. The molecular weight excluding hydrogens is 228 g/mol. The molecule has 2 aromatic carbocycles. The van der Waals surface area contributed by atoms with E-state index >= 15 is 0 Å². The molecule has 2 heteroatoms. The van der Waals surface area contributed by atoms with Crippen LogP contribution in [0, 0.1) is 20.8 Å². The van der Waals surface area contributed by atoms with Crippen LogP contribution in [0.15, 0.2) is 46.2 Å². The van der Waals surface area contributed by atoms with Crippen molar-refractivity contribution in [3.8, 4) is 5.75 Å². The van der Waals surface area contributed by atoms with Crippen molar-refractivity contribution in [2.45, 2.75) is 30.6 Å². The Morgan fingerprint density at radius 3 is 1.94 bits per heavy atom. The van der Waals surface area contributed by atoms with Crippen molar-refractivity contribution >= 4 is 11.8 Å². The smallest absolute Gasteiger partial charge is 0.115 e. The minimum absolute atomic E-state index is 0.312. The minimum Gasteiger partial charge on any atom is -0.508 e. The molecule has 0 aromatic heterocycles. The number of rotatable bonds is 2. The van der Waals surface area contributed by atoms with Crippen molar-refractivity contribution in [3.63, 3.8) is 0 Å². The number of aryl methyl sites for hydroxylation is 3. The highest BCUT2D eigenvalue weighted by molar-refractivity contribution is 7.99. The van der Waals surface area contributed by atoms with E-state index < -0.39 is 0 Å². The summed E-state index contributed by atoms with van der Waals surface area (Å²) in [7, 11) is 0. The molecule has 0 atom stereocenters. The maximum absolute atomic E-state index is 9.26. The lowest BCUT2D eigenvalue weighted by Gasteiger charge is -2.10. The number of hydrogen-bond donors (Lipinski definition) is 1. The lowest BCUT2D eigenvalue weighted by Crippen LogP contribution is -1.87. The van der Waals surface area contributed by atoms with Crippen LogP contribution in [-0.2, 0) is 0 Å². The summed E-state index contributed by atoms with van der Waals surface area (Å²) in [6.07, 6.45) is 0. The SMILES string of the molecule is Cc1cc(C)c(Sc2ccc(O)cc2)c(C)c1. The molecule has 0 bridgehead atoms. The quantitative estimate of drug-likeness (QED) is 0.841. The highest BCUT2D eigenvalue weighted by atomic mass is 32.2. The Labute approximate surface area is 107 Å². The Morgan fingerprint density at radius 2 is 1.41 bits per heavy atom. The highest BCUT2D eigenvalue weighted by Gasteiger charge is 2.05. The molecule has 0 amide bonds. The fraction of sp³-hybridized carbons (Fsp3) is 0.200. The van der Waals surface area contributed by atoms with Crippen LogP contribution >= 0.6 is 11.8 Å². The van der Waals surface area contributed by atoms with Gasteiger partial charge in [-0.3, -0.25) is 0 Å². The molecule has 0 radical (unpaired) electrons. The molecule has 0 saturated carbocycles. The van der Waals surface area contributed by atoms with Gasteiger partial charge in [0.05, 0.1) is 0 Å². The zero-order chi connectivity index (χ0) is 12.4. The van der Waals surface area contributed by atoms with Crippen LogP contribution in [0.1, 0.15) is 16.7 Å². The van der Waals surface area contributed by atoms with Gasteiger partial charge in [0.2, 0.25) is 0 Å². The number of hydrogen-bond acceptors (Lipinski definition) is 2. The van der Waals surface area contributed by atoms with E-state index in [0.717, 1.165) is 4.90 Å². The Morgan fingerprint density at radius 1 is 0.882 bits per heavy atom. The van der Waals surface area contributed by atoms with E-state index in [9.17, 15) is 5.11 Å². The summed E-state index contributed by atoms with van der Waals surface area (Å²) in [5.74, 6) is 0.312. The highest BCUT2D eigenvalue weighted by Crippen LogP contribution is 2.34. The molecular formula is C15H16OS. The molecule has 0 spiro atoms. The molecule has 0 fully saturated rings. The largest absolute Gasteiger partial charge is 0.508 e. The van der Waals surface area contributed by atoms with Gasteiger partial charge < -0.3 is 5.11 Å². The Hall–Kier alpha value is -1.41. The third kappa shape index (κ3) is 2.83. The second-order valence-corrected chi connectivity index (χ2v) is 5.41. The van der Waals surface area contributed by atoms with E-state index in [1.807, 2.05) is 12.1 Å². The Kier molecular flexibility index (Phi) is 3.43. The van der Waals surface area contributed by atoms with Crippen molar-refractivity contribution in [3.05, 3.63) is 53.1 Å². The van der Waals surface area contributed by atoms with Crippen LogP contribution in [0.5, 0.6) is 5.75 Å². The van der Waals surface area contributed by atoms with Gasteiger partial charge in [-0.2, -0.15) is 0 Å². The average Bonchev–Trinajstić information content (AvgIpc) is 2.26. The molecule has 88 valence electrons. The molecule has 17 heavy (non-hydrogen) atoms. The maximum atomic E-state index is 9.26. The molecule has 0 heterocycles. The van der Waals surface area contributed by atoms with E-state index in [1.165, 1.54) is 21.6 Å². The lowest BCUT2D eigenvalue weighted by molar-refractivity contribution is 0.475. The van der Waals surface area contributed by atoms with Gasteiger partial charge in [-0.05, 0) is 56.2 Å². The van der Waals surface area contributed by atoms with E-state index in [-0.39, 0.29) is 0 Å². The normalized spacial score (nSPS) is 10.5. The molecule has 0 unspecified atom stereocenters. The third-order valence-electron chi connectivity index (χ3n) is 2.66. The van der Waals surface area contributed by atoms with Crippen LogP contribution in [0.25, 0.3) is 0 Å². The van der Waals surface area contributed by atoms with Gasteiger partial charge in [-0.1, -0.05) is 29.5 Å². The molecule has 1 N–H and O–H groups in total. The Bertz CT molecular complexity index is 506. The summed E-state index contributed by atoms with van der Waals surface area (Å²) in [6.45, 7) is 6.40. The van der Waals surface area contributed by atoms with Crippen molar-refractivity contribution in [1.82, 2.24) is 0 Å². The summed E-state index contributed by atoms with van der Waals surface area (Å²) in [5.41, 5.74) is 3.91. The maximum Gasteiger partial charge on any atom is 0.115 e. The van der Waals surface area contributed by atoms with Crippen LogP contribution < -0.4 is 0 Å². The topological polar surface area (TPSA) is 20.2 Å². The fourth-order valence-corrected chi connectivity index (χ4v) is 2.91. The lowest BCUT2D eigenvalue weighted by atomic mass is 10.1. The second kappa shape index (κ2) is 4.84. The van der Waals surface area contributed by atoms with Crippen molar-refractivity contribution in [2.75, 3.05) is 0 Å². The zero-order valence-corrected chi connectivity index (χ0v) is 11.1. The number of benzene rings is 2. The zero-order valence-electron chi connectivity index (χ0n) is 10.3. The van der Waals surface area contributed by atoms with Crippen LogP contribution in [0.2, 0.25) is 0 Å². The van der Waals surface area contributed by atoms with E-state index in [1.54, 1.807) is 23.9 Å². The van der Waals surface area contributed by atoms with E-state index in [2.05, 4.69) is 32.9 Å². The summed E-state index contributed by atoms with van der Waals surface area (Å²) >= 11 is 1.75. The third-order valence-corrected chi connectivity index (χ3v) is 4.02. The molecule has 1 nitrogen and oxygen atoms in total. The first-order valence-electron chi connectivity index (χ1n) is 5.61. The Balaban J connectivity index is 2.33. The van der Waals surface area contributed by atoms with Gasteiger partial charge in [0, 0.05) is 9.79 Å². The molecule has 0 aliphatic carbocycles. The first kappa shape index (κ1) is 12.1. The molecule has 2 rings (SSSR count). The monoisotopic (exact) mass is 244 g/mol. The summed E-state index contributed by atoms with van der Waals surface area (Å²) in [4.78, 5) is 2.46. The second-order valence-electron chi connectivity index (χ2n) is 4.32. The van der Waals surface area contributed by atoms with Gasteiger partial charge in [-0.25, -0.2) is 0 Å². The molecule has 0 aliphatic rings. The van der Waals surface area contributed by atoms with Gasteiger partial charge >= 0.3 is 0 Å². The van der Waals surface area contributed by atoms with E-state index in [4.69, 9.17) is 0 Å². The van der Waals surface area contributed by atoms with Crippen LogP contribution in [0.3, 0.4) is 0 Å². The number of aromatic hydroxyl groups is 1. The van der Waals surface area contributed by atoms with Crippen LogP contribution in [-0.4, -0.2) is 5.11 Å². The predicted octanol–water partition coefficient (Wildman–Crippen LogP) is 4.47. The minimum atomic E-state index is 0.312. The van der Waals surface area contributed by atoms with Crippen molar-refractivity contribution < 1.29 is 5.11 Å². The van der Waals surface area contributed by atoms with Gasteiger partial charge in [-0.15, -0.1) is 0 Å². The van der Waals surface area contributed by atoms with Crippen molar-refractivity contribution in [1.29, 1.82) is 0 Å². The van der Waals surface area contributed by atoms with Crippen LogP contribution in [0.4, 0.5) is 0 Å².